The summed E-state index contributed by atoms with van der Waals surface area (Å²) in [6.07, 6.45) is 0.751. The monoisotopic (exact) mass is 423 g/mol. The first kappa shape index (κ1) is 20.6. The van der Waals surface area contributed by atoms with Crippen molar-refractivity contribution in [1.29, 1.82) is 0 Å². The van der Waals surface area contributed by atoms with Gasteiger partial charge >= 0.3 is 0 Å². The first-order valence-corrected chi connectivity index (χ1v) is 10.2. The predicted octanol–water partition coefficient (Wildman–Crippen LogP) is 2.74. The highest BCUT2D eigenvalue weighted by molar-refractivity contribution is 6.06. The van der Waals surface area contributed by atoms with Crippen LogP contribution in [0.1, 0.15) is 55.7 Å². The number of hydrogen-bond donors (Lipinski definition) is 2. The lowest BCUT2D eigenvalue weighted by Gasteiger charge is -2.25. The lowest BCUT2D eigenvalue weighted by molar-refractivity contribution is -0.131. The Morgan fingerprint density at radius 3 is 2.58 bits per heavy atom. The molecule has 1 atom stereocenters. The maximum Gasteiger partial charge on any atom is 0.283 e. The van der Waals surface area contributed by atoms with Crippen LogP contribution in [-0.4, -0.2) is 39.3 Å². The molecule has 0 bridgehead atoms. The number of aromatic nitrogens is 3. The molecule has 1 aliphatic rings. The van der Waals surface area contributed by atoms with Crippen molar-refractivity contribution in [2.75, 3.05) is 6.61 Å². The fraction of sp³-hybridized carbons (Fsp3) is 0.364. The molecule has 1 aliphatic heterocycles. The molecule has 0 aliphatic carbocycles. The van der Waals surface area contributed by atoms with Gasteiger partial charge in [-0.15, -0.1) is 0 Å². The van der Waals surface area contributed by atoms with Crippen molar-refractivity contribution in [2.45, 2.75) is 45.8 Å². The summed E-state index contributed by atoms with van der Waals surface area (Å²) in [5.41, 5.74) is 6.71. The molecule has 0 saturated carbocycles. The van der Waals surface area contributed by atoms with Crippen LogP contribution in [0.25, 0.3) is 11.0 Å². The second kappa shape index (κ2) is 8.25. The minimum atomic E-state index is -0.873. The Balaban J connectivity index is 1.51. The minimum absolute atomic E-state index is 0.0525. The largest absolute Gasteiger partial charge is 0.485 e. The Bertz CT molecular complexity index is 1140. The number of para-hydroxylation sites is 2. The highest BCUT2D eigenvalue weighted by Gasteiger charge is 2.28. The third-order valence-corrected chi connectivity index (χ3v) is 5.01. The van der Waals surface area contributed by atoms with E-state index < -0.39 is 17.9 Å². The first-order valence-electron chi connectivity index (χ1n) is 10.2. The van der Waals surface area contributed by atoms with E-state index in [1.165, 1.54) is 0 Å². The maximum atomic E-state index is 12.9. The van der Waals surface area contributed by atoms with Gasteiger partial charge in [-0.3, -0.25) is 20.4 Å². The quantitative estimate of drug-likeness (QED) is 0.625. The number of carbonyl (C=O) groups is 2. The van der Waals surface area contributed by atoms with Crippen LogP contribution in [0, 0.1) is 0 Å². The Morgan fingerprint density at radius 1 is 1.13 bits per heavy atom. The highest BCUT2D eigenvalue weighted by atomic mass is 16.6. The van der Waals surface area contributed by atoms with Crippen molar-refractivity contribution in [3.8, 4) is 11.5 Å². The van der Waals surface area contributed by atoms with Gasteiger partial charge in [0.05, 0.1) is 17.1 Å². The van der Waals surface area contributed by atoms with Crippen molar-refractivity contribution >= 4 is 22.8 Å². The van der Waals surface area contributed by atoms with Gasteiger partial charge in [0, 0.05) is 11.7 Å². The van der Waals surface area contributed by atoms with Crippen molar-refractivity contribution in [1.82, 2.24) is 25.6 Å². The number of nitrogens with one attached hydrogen (secondary N) is 2. The molecule has 4 rings (SSSR count). The number of pyridine rings is 1. The highest BCUT2D eigenvalue weighted by Crippen LogP contribution is 2.30. The SMILES string of the molecule is CC(C)c1cc(C(=O)NNC(=O)C2COc3ccccc3O2)c2cnn(C(C)C)c2n1. The number of nitrogens with zero attached hydrogens (tertiary/aromatic N) is 3. The molecule has 3 aromatic rings. The van der Waals surface area contributed by atoms with Gasteiger partial charge in [0.15, 0.2) is 17.1 Å². The number of carbonyl (C=O) groups excluding carboxylic acids is 2. The number of hydrogen-bond acceptors (Lipinski definition) is 6. The van der Waals surface area contributed by atoms with E-state index in [1.807, 2.05) is 33.8 Å². The van der Waals surface area contributed by atoms with Gasteiger partial charge in [-0.05, 0) is 38.0 Å². The number of fused-ring (bicyclic) bond motifs is 2. The Morgan fingerprint density at radius 2 is 1.87 bits per heavy atom. The van der Waals surface area contributed by atoms with E-state index in [-0.39, 0.29) is 18.6 Å². The summed E-state index contributed by atoms with van der Waals surface area (Å²) in [4.78, 5) is 30.1. The molecule has 2 aromatic heterocycles. The van der Waals surface area contributed by atoms with E-state index in [2.05, 4.69) is 20.9 Å². The topological polar surface area (TPSA) is 107 Å². The van der Waals surface area contributed by atoms with Crippen LogP contribution < -0.4 is 20.3 Å². The van der Waals surface area contributed by atoms with Crippen LogP contribution in [0.3, 0.4) is 0 Å². The van der Waals surface area contributed by atoms with Crippen molar-refractivity contribution in [3.63, 3.8) is 0 Å². The Labute approximate surface area is 179 Å². The van der Waals surface area contributed by atoms with Crippen LogP contribution in [0.4, 0.5) is 0 Å². The zero-order chi connectivity index (χ0) is 22.1. The summed E-state index contributed by atoms with van der Waals surface area (Å²) >= 11 is 0. The van der Waals surface area contributed by atoms with Gasteiger partial charge in [-0.2, -0.15) is 5.10 Å². The summed E-state index contributed by atoms with van der Waals surface area (Å²) in [5.74, 6) is 0.226. The Hall–Kier alpha value is -3.62. The van der Waals surface area contributed by atoms with Crippen molar-refractivity contribution < 1.29 is 19.1 Å². The van der Waals surface area contributed by atoms with E-state index in [9.17, 15) is 9.59 Å². The maximum absolute atomic E-state index is 12.9. The minimum Gasteiger partial charge on any atom is -0.485 e. The molecular formula is C22H25N5O4. The summed E-state index contributed by atoms with van der Waals surface area (Å²) in [6.45, 7) is 8.07. The van der Waals surface area contributed by atoms with Crippen molar-refractivity contribution in [3.05, 3.63) is 47.8 Å². The third kappa shape index (κ3) is 4.03. The molecule has 0 fully saturated rings. The number of ether oxygens (including phenoxy) is 2. The average Bonchev–Trinajstić information content (AvgIpc) is 3.20. The van der Waals surface area contributed by atoms with Gasteiger partial charge in [-0.1, -0.05) is 26.0 Å². The molecule has 2 N–H and O–H groups in total. The average molecular weight is 423 g/mol. The van der Waals surface area contributed by atoms with Crippen LogP contribution >= 0.6 is 0 Å². The predicted molar refractivity (Wildman–Crippen MR) is 114 cm³/mol. The number of rotatable bonds is 4. The molecule has 3 heterocycles. The molecule has 2 amide bonds. The van der Waals surface area contributed by atoms with E-state index in [1.54, 1.807) is 35.1 Å². The zero-order valence-corrected chi connectivity index (χ0v) is 17.9. The second-order valence-corrected chi connectivity index (χ2v) is 7.98. The molecule has 0 radical (unpaired) electrons. The molecule has 0 spiro atoms. The van der Waals surface area contributed by atoms with Gasteiger partial charge in [0.2, 0.25) is 6.10 Å². The normalized spacial score (nSPS) is 15.4. The Kier molecular flexibility index (Phi) is 5.50. The smallest absolute Gasteiger partial charge is 0.283 e. The number of amides is 2. The zero-order valence-electron chi connectivity index (χ0n) is 17.9. The van der Waals surface area contributed by atoms with Crippen LogP contribution in [0.15, 0.2) is 36.5 Å². The van der Waals surface area contributed by atoms with E-state index in [4.69, 9.17) is 9.47 Å². The second-order valence-electron chi connectivity index (χ2n) is 7.98. The summed E-state index contributed by atoms with van der Waals surface area (Å²) in [7, 11) is 0. The van der Waals surface area contributed by atoms with Crippen molar-refractivity contribution in [2.24, 2.45) is 0 Å². The molecule has 162 valence electrons. The fourth-order valence-electron chi connectivity index (χ4n) is 3.31. The summed E-state index contributed by atoms with van der Waals surface area (Å²) < 4.78 is 13.0. The molecule has 9 nitrogen and oxygen atoms in total. The van der Waals surface area contributed by atoms with E-state index in [0.29, 0.717) is 28.1 Å². The first-order chi connectivity index (χ1) is 14.8. The molecule has 0 saturated heterocycles. The molecule has 31 heavy (non-hydrogen) atoms. The molecule has 1 aromatic carbocycles. The van der Waals surface area contributed by atoms with Gasteiger partial charge in [-0.25, -0.2) is 9.67 Å². The number of benzene rings is 1. The standard InChI is InChI=1S/C22H25N5O4/c1-12(2)16-9-14(15-10-23-27(13(3)4)20(15)24-16)21(28)25-26-22(29)19-11-30-17-7-5-6-8-18(17)31-19/h5-10,12-13,19H,11H2,1-4H3,(H,25,28)(H,26,29). The van der Waals surface area contributed by atoms with Gasteiger partial charge in [0.25, 0.3) is 11.8 Å². The van der Waals surface area contributed by atoms with Gasteiger partial charge < -0.3 is 9.47 Å². The number of hydrazine groups is 1. The van der Waals surface area contributed by atoms with E-state index >= 15 is 0 Å². The van der Waals surface area contributed by atoms with Gasteiger partial charge in [0.1, 0.15) is 6.61 Å². The molecule has 9 heteroatoms. The lowest BCUT2D eigenvalue weighted by atomic mass is 10.1. The fourth-order valence-corrected chi connectivity index (χ4v) is 3.31. The summed E-state index contributed by atoms with van der Waals surface area (Å²) in [6, 6.07) is 8.93. The third-order valence-electron chi connectivity index (χ3n) is 5.01. The molecular weight excluding hydrogens is 398 g/mol. The molecule has 1 unspecified atom stereocenters. The van der Waals surface area contributed by atoms with Crippen LogP contribution in [0.5, 0.6) is 11.5 Å². The van der Waals surface area contributed by atoms with Crippen LogP contribution in [-0.2, 0) is 4.79 Å². The van der Waals surface area contributed by atoms with Crippen LogP contribution in [0.2, 0.25) is 0 Å². The lowest BCUT2D eigenvalue weighted by Crippen LogP contribution is -2.50. The van der Waals surface area contributed by atoms with E-state index in [0.717, 1.165) is 5.69 Å². The summed E-state index contributed by atoms with van der Waals surface area (Å²) in [5, 5.41) is 5.00.